The molecule has 1 heterocycles. The fourth-order valence-electron chi connectivity index (χ4n) is 2.02. The van der Waals surface area contributed by atoms with E-state index in [1.54, 1.807) is 0 Å². The molecule has 3 aromatic rings. The van der Waals surface area contributed by atoms with E-state index in [0.29, 0.717) is 23.9 Å². The molecular formula is C12H7BFN2O. The molecule has 81 valence electrons. The number of hydrogen-bond acceptors (Lipinski definition) is 2. The summed E-state index contributed by atoms with van der Waals surface area (Å²) in [5, 5.41) is 1.93. The van der Waals surface area contributed by atoms with Crippen molar-refractivity contribution >= 4 is 34.7 Å². The Morgan fingerprint density at radius 3 is 2.71 bits per heavy atom. The van der Waals surface area contributed by atoms with Crippen molar-refractivity contribution in [1.82, 2.24) is 9.97 Å². The molecule has 5 heteroatoms. The van der Waals surface area contributed by atoms with Gasteiger partial charge in [-0.1, -0.05) is 24.3 Å². The summed E-state index contributed by atoms with van der Waals surface area (Å²) in [6.45, 7) is 0. The predicted molar refractivity (Wildman–Crippen MR) is 66.4 cm³/mol. The minimum atomic E-state index is -0.260. The Hall–Kier alpha value is -2.17. The van der Waals surface area contributed by atoms with Crippen LogP contribution in [0.2, 0.25) is 0 Å². The second-order valence-corrected chi connectivity index (χ2v) is 3.75. The molecule has 0 unspecified atom stereocenters. The Balaban J connectivity index is 2.64. The van der Waals surface area contributed by atoms with Gasteiger partial charge in [0.05, 0.1) is 17.2 Å². The largest absolute Gasteiger partial charge is 0.392 e. The number of nitrogens with zero attached hydrogens (tertiary/aromatic N) is 1. The summed E-state index contributed by atoms with van der Waals surface area (Å²) in [5.74, 6) is 0. The summed E-state index contributed by atoms with van der Waals surface area (Å²) in [6.07, 6.45) is 1.36. The molecule has 1 radical (unpaired) electrons. The summed E-state index contributed by atoms with van der Waals surface area (Å²) in [5.41, 5.74) is 0.727. The molecule has 0 amide bonds. The van der Waals surface area contributed by atoms with Gasteiger partial charge in [0.25, 0.3) is 5.56 Å². The second-order valence-electron chi connectivity index (χ2n) is 3.75. The highest BCUT2D eigenvalue weighted by Crippen LogP contribution is 2.19. The number of benzene rings is 2. The lowest BCUT2D eigenvalue weighted by molar-refractivity contribution is 0.885. The van der Waals surface area contributed by atoms with Crippen LogP contribution in [0, 0.1) is 0 Å². The van der Waals surface area contributed by atoms with Gasteiger partial charge in [-0.05, 0) is 16.9 Å². The monoisotopic (exact) mass is 225 g/mol. The van der Waals surface area contributed by atoms with Gasteiger partial charge in [0.15, 0.2) is 0 Å². The molecule has 0 fully saturated rings. The SMILES string of the molecule is O=c1[nH]cnc2c1cc([B]F)c1ccccc12. The first kappa shape index (κ1) is 10.0. The van der Waals surface area contributed by atoms with Crippen LogP contribution < -0.4 is 11.0 Å². The standard InChI is InChI=1S/C12H7BFN2O/c14-13-10-5-9-11(15-6-16-12(9)17)8-4-2-1-3-7(8)10/h1-6H,(H,15,16,17). The first-order valence-electron chi connectivity index (χ1n) is 5.14. The van der Waals surface area contributed by atoms with E-state index in [1.807, 2.05) is 24.3 Å². The van der Waals surface area contributed by atoms with Crippen LogP contribution in [0.1, 0.15) is 0 Å². The van der Waals surface area contributed by atoms with Crippen LogP contribution in [-0.4, -0.2) is 17.5 Å². The van der Waals surface area contributed by atoms with Gasteiger partial charge in [-0.15, -0.1) is 0 Å². The van der Waals surface area contributed by atoms with Crippen LogP contribution >= 0.6 is 0 Å². The van der Waals surface area contributed by atoms with E-state index in [4.69, 9.17) is 0 Å². The lowest BCUT2D eigenvalue weighted by atomic mass is 9.85. The van der Waals surface area contributed by atoms with Crippen molar-refractivity contribution in [3.05, 3.63) is 47.0 Å². The molecular weight excluding hydrogens is 218 g/mol. The number of H-pyrrole nitrogens is 1. The molecule has 0 bridgehead atoms. The van der Waals surface area contributed by atoms with E-state index in [9.17, 15) is 9.11 Å². The summed E-state index contributed by atoms with van der Waals surface area (Å²) < 4.78 is 12.9. The minimum absolute atomic E-state index is 0.260. The molecule has 3 nitrogen and oxygen atoms in total. The molecule has 0 aliphatic carbocycles. The highest BCUT2D eigenvalue weighted by atomic mass is 19.1. The first-order chi connectivity index (χ1) is 8.31. The zero-order valence-electron chi connectivity index (χ0n) is 8.77. The van der Waals surface area contributed by atoms with Crippen LogP contribution in [0.4, 0.5) is 4.32 Å². The van der Waals surface area contributed by atoms with Crippen LogP contribution in [-0.2, 0) is 0 Å². The van der Waals surface area contributed by atoms with Crippen molar-refractivity contribution in [2.75, 3.05) is 0 Å². The van der Waals surface area contributed by atoms with E-state index in [-0.39, 0.29) is 5.56 Å². The van der Waals surface area contributed by atoms with Gasteiger partial charge in [0.2, 0.25) is 0 Å². The lowest BCUT2D eigenvalue weighted by Gasteiger charge is -2.05. The number of aromatic amines is 1. The highest BCUT2D eigenvalue weighted by molar-refractivity contribution is 6.51. The summed E-state index contributed by atoms with van der Waals surface area (Å²) >= 11 is 0. The van der Waals surface area contributed by atoms with Crippen molar-refractivity contribution in [2.24, 2.45) is 0 Å². The maximum absolute atomic E-state index is 12.9. The molecule has 0 spiro atoms. The van der Waals surface area contributed by atoms with Gasteiger partial charge in [0.1, 0.15) is 0 Å². The summed E-state index contributed by atoms with van der Waals surface area (Å²) in [6, 6.07) is 8.82. The van der Waals surface area contributed by atoms with E-state index in [0.717, 1.165) is 10.8 Å². The van der Waals surface area contributed by atoms with Crippen LogP contribution in [0.15, 0.2) is 41.5 Å². The smallest absolute Gasteiger partial charge is 0.335 e. The van der Waals surface area contributed by atoms with E-state index in [1.165, 1.54) is 12.4 Å². The quantitative estimate of drug-likeness (QED) is 0.501. The minimum Gasteiger partial charge on any atom is -0.335 e. The average molecular weight is 225 g/mol. The molecule has 1 N–H and O–H groups in total. The Morgan fingerprint density at radius 1 is 1.18 bits per heavy atom. The number of fused-ring (bicyclic) bond motifs is 3. The van der Waals surface area contributed by atoms with Crippen molar-refractivity contribution in [3.63, 3.8) is 0 Å². The molecule has 17 heavy (non-hydrogen) atoms. The molecule has 0 atom stereocenters. The molecule has 0 aliphatic rings. The number of rotatable bonds is 1. The molecule has 0 saturated heterocycles. The van der Waals surface area contributed by atoms with Gasteiger partial charge in [-0.2, -0.15) is 0 Å². The third-order valence-corrected chi connectivity index (χ3v) is 2.80. The third-order valence-electron chi connectivity index (χ3n) is 2.80. The van der Waals surface area contributed by atoms with Crippen LogP contribution in [0.3, 0.4) is 0 Å². The van der Waals surface area contributed by atoms with Crippen LogP contribution in [0.25, 0.3) is 21.7 Å². The van der Waals surface area contributed by atoms with Gasteiger partial charge in [-0.25, -0.2) is 4.98 Å². The van der Waals surface area contributed by atoms with Gasteiger partial charge >= 0.3 is 7.56 Å². The number of hydrogen-bond donors (Lipinski definition) is 1. The molecule has 0 saturated carbocycles. The first-order valence-corrected chi connectivity index (χ1v) is 5.14. The Kier molecular flexibility index (Phi) is 2.18. The maximum atomic E-state index is 12.9. The zero-order chi connectivity index (χ0) is 11.8. The fraction of sp³-hybridized carbons (Fsp3) is 0. The van der Waals surface area contributed by atoms with Crippen molar-refractivity contribution in [2.45, 2.75) is 0 Å². The maximum Gasteiger partial charge on any atom is 0.392 e. The average Bonchev–Trinajstić information content (AvgIpc) is 2.38. The number of aromatic nitrogens is 2. The van der Waals surface area contributed by atoms with E-state index >= 15 is 0 Å². The lowest BCUT2D eigenvalue weighted by Crippen LogP contribution is -2.15. The summed E-state index contributed by atoms with van der Waals surface area (Å²) in [7, 11) is 0.508. The number of nitrogens with one attached hydrogen (secondary N) is 1. The third kappa shape index (κ3) is 1.43. The van der Waals surface area contributed by atoms with E-state index in [2.05, 4.69) is 9.97 Å². The summed E-state index contributed by atoms with van der Waals surface area (Å²) in [4.78, 5) is 18.3. The topological polar surface area (TPSA) is 45.8 Å². The second kappa shape index (κ2) is 3.70. The molecule has 0 aliphatic heterocycles. The zero-order valence-corrected chi connectivity index (χ0v) is 8.77. The predicted octanol–water partition coefficient (Wildman–Crippen LogP) is 1.29. The van der Waals surface area contributed by atoms with Gasteiger partial charge < -0.3 is 9.30 Å². The Labute approximate surface area is 96.6 Å². The van der Waals surface area contributed by atoms with Crippen LogP contribution in [0.5, 0.6) is 0 Å². The number of halogens is 1. The highest BCUT2D eigenvalue weighted by Gasteiger charge is 2.10. The fourth-order valence-corrected chi connectivity index (χ4v) is 2.02. The van der Waals surface area contributed by atoms with E-state index < -0.39 is 0 Å². The Bertz CT molecular complexity index is 769. The van der Waals surface area contributed by atoms with Crippen molar-refractivity contribution < 1.29 is 4.32 Å². The molecule has 3 rings (SSSR count). The van der Waals surface area contributed by atoms with Crippen molar-refractivity contribution in [3.8, 4) is 0 Å². The Morgan fingerprint density at radius 2 is 1.94 bits per heavy atom. The normalized spacial score (nSPS) is 10.9. The van der Waals surface area contributed by atoms with Gasteiger partial charge in [-0.3, -0.25) is 4.79 Å². The van der Waals surface area contributed by atoms with Gasteiger partial charge in [0, 0.05) is 5.39 Å². The molecule has 2 aromatic carbocycles. The molecule has 1 aromatic heterocycles. The van der Waals surface area contributed by atoms with Crippen molar-refractivity contribution in [1.29, 1.82) is 0 Å².